The standard InChI is InChI=1S/C12H18O4/c1-3-9-15-11(13)7-5-6-8-12(14)16-10-4-2/h3-4H,1-2,5-10H2. The molecule has 0 aromatic rings. The molecule has 4 nitrogen and oxygen atoms in total. The van der Waals surface area contributed by atoms with E-state index in [2.05, 4.69) is 13.2 Å². The zero-order valence-electron chi connectivity index (χ0n) is 9.44. The van der Waals surface area contributed by atoms with E-state index in [-0.39, 0.29) is 25.2 Å². The van der Waals surface area contributed by atoms with Gasteiger partial charge in [-0.3, -0.25) is 9.59 Å². The third kappa shape index (κ3) is 8.99. The Morgan fingerprint density at radius 2 is 1.25 bits per heavy atom. The number of hydrogen-bond acceptors (Lipinski definition) is 4. The van der Waals surface area contributed by atoms with Crippen molar-refractivity contribution < 1.29 is 19.1 Å². The lowest BCUT2D eigenvalue weighted by atomic mass is 10.2. The van der Waals surface area contributed by atoms with E-state index in [4.69, 9.17) is 9.47 Å². The lowest BCUT2D eigenvalue weighted by Crippen LogP contribution is -2.06. The van der Waals surface area contributed by atoms with Crippen molar-refractivity contribution in [3.05, 3.63) is 25.3 Å². The maximum atomic E-state index is 11.0. The lowest BCUT2D eigenvalue weighted by molar-refractivity contribution is -0.144. The fourth-order valence-electron chi connectivity index (χ4n) is 0.987. The van der Waals surface area contributed by atoms with Crippen LogP contribution in [0.5, 0.6) is 0 Å². The Morgan fingerprint density at radius 3 is 1.56 bits per heavy atom. The van der Waals surface area contributed by atoms with Gasteiger partial charge in [0.15, 0.2) is 0 Å². The minimum atomic E-state index is -0.264. The first-order chi connectivity index (χ1) is 7.70. The third-order valence-electron chi connectivity index (χ3n) is 1.74. The van der Waals surface area contributed by atoms with Crippen LogP contribution in [0, 0.1) is 0 Å². The molecular weight excluding hydrogens is 208 g/mol. The molecule has 90 valence electrons. The first-order valence-corrected chi connectivity index (χ1v) is 5.23. The quantitative estimate of drug-likeness (QED) is 0.343. The summed E-state index contributed by atoms with van der Waals surface area (Å²) >= 11 is 0. The summed E-state index contributed by atoms with van der Waals surface area (Å²) in [5.74, 6) is -0.529. The van der Waals surface area contributed by atoms with E-state index < -0.39 is 0 Å². The molecule has 0 aliphatic heterocycles. The van der Waals surface area contributed by atoms with E-state index in [1.807, 2.05) is 0 Å². The number of esters is 2. The molecule has 0 saturated heterocycles. The molecule has 0 saturated carbocycles. The van der Waals surface area contributed by atoms with Crippen LogP contribution in [0.2, 0.25) is 0 Å². The molecule has 16 heavy (non-hydrogen) atoms. The van der Waals surface area contributed by atoms with Gasteiger partial charge < -0.3 is 9.47 Å². The van der Waals surface area contributed by atoms with Crippen molar-refractivity contribution in [1.29, 1.82) is 0 Å². The number of rotatable bonds is 9. The monoisotopic (exact) mass is 226 g/mol. The molecule has 0 spiro atoms. The van der Waals surface area contributed by atoms with E-state index in [1.165, 1.54) is 12.2 Å². The summed E-state index contributed by atoms with van der Waals surface area (Å²) in [7, 11) is 0. The van der Waals surface area contributed by atoms with Gasteiger partial charge in [0.1, 0.15) is 13.2 Å². The second-order valence-corrected chi connectivity index (χ2v) is 3.15. The average Bonchev–Trinajstić information content (AvgIpc) is 2.29. The van der Waals surface area contributed by atoms with Crippen molar-refractivity contribution in [2.24, 2.45) is 0 Å². The fourth-order valence-corrected chi connectivity index (χ4v) is 0.987. The Labute approximate surface area is 95.9 Å². The normalized spacial score (nSPS) is 9.25. The molecule has 0 atom stereocenters. The minimum absolute atomic E-state index is 0.236. The van der Waals surface area contributed by atoms with E-state index in [1.54, 1.807) is 0 Å². The molecule has 0 bridgehead atoms. The van der Waals surface area contributed by atoms with Gasteiger partial charge in [-0.15, -0.1) is 0 Å². The van der Waals surface area contributed by atoms with Crippen molar-refractivity contribution >= 4 is 11.9 Å². The zero-order chi connectivity index (χ0) is 12.2. The van der Waals surface area contributed by atoms with Gasteiger partial charge in [0.2, 0.25) is 0 Å². The molecule has 0 fully saturated rings. The smallest absolute Gasteiger partial charge is 0.306 e. The molecule has 0 N–H and O–H groups in total. The second-order valence-electron chi connectivity index (χ2n) is 3.15. The molecule has 0 rings (SSSR count). The highest BCUT2D eigenvalue weighted by Crippen LogP contribution is 2.02. The molecule has 0 aliphatic rings. The fraction of sp³-hybridized carbons (Fsp3) is 0.500. The van der Waals surface area contributed by atoms with Gasteiger partial charge in [0, 0.05) is 12.8 Å². The second kappa shape index (κ2) is 9.96. The van der Waals surface area contributed by atoms with Gasteiger partial charge in [0.25, 0.3) is 0 Å². The average molecular weight is 226 g/mol. The van der Waals surface area contributed by atoms with Gasteiger partial charge in [-0.1, -0.05) is 25.3 Å². The van der Waals surface area contributed by atoms with Crippen LogP contribution >= 0.6 is 0 Å². The largest absolute Gasteiger partial charge is 0.461 e. The summed E-state index contributed by atoms with van der Waals surface area (Å²) < 4.78 is 9.55. The Kier molecular flexibility index (Phi) is 8.97. The van der Waals surface area contributed by atoms with Crippen LogP contribution in [-0.2, 0) is 19.1 Å². The van der Waals surface area contributed by atoms with Crippen LogP contribution in [0.4, 0.5) is 0 Å². The molecule has 0 heterocycles. The Morgan fingerprint density at radius 1 is 0.875 bits per heavy atom. The van der Waals surface area contributed by atoms with E-state index in [0.29, 0.717) is 25.7 Å². The van der Waals surface area contributed by atoms with Gasteiger partial charge in [-0.2, -0.15) is 0 Å². The van der Waals surface area contributed by atoms with E-state index in [0.717, 1.165) is 0 Å². The van der Waals surface area contributed by atoms with Crippen molar-refractivity contribution in [3.8, 4) is 0 Å². The van der Waals surface area contributed by atoms with E-state index in [9.17, 15) is 9.59 Å². The number of hydrogen-bond donors (Lipinski definition) is 0. The lowest BCUT2D eigenvalue weighted by Gasteiger charge is -2.02. The van der Waals surface area contributed by atoms with Gasteiger partial charge in [-0.25, -0.2) is 0 Å². The summed E-state index contributed by atoms with van der Waals surface area (Å²) in [5.41, 5.74) is 0. The first kappa shape index (κ1) is 14.4. The topological polar surface area (TPSA) is 52.6 Å². The molecule has 0 amide bonds. The molecule has 0 aromatic carbocycles. The Balaban J connectivity index is 3.37. The highest BCUT2D eigenvalue weighted by molar-refractivity contribution is 5.70. The maximum absolute atomic E-state index is 11.0. The van der Waals surface area contributed by atoms with Crippen LogP contribution < -0.4 is 0 Å². The molecule has 0 radical (unpaired) electrons. The third-order valence-corrected chi connectivity index (χ3v) is 1.74. The van der Waals surface area contributed by atoms with Crippen molar-refractivity contribution in [2.75, 3.05) is 13.2 Å². The number of unbranched alkanes of at least 4 members (excludes halogenated alkanes) is 1. The molecular formula is C12H18O4. The van der Waals surface area contributed by atoms with E-state index >= 15 is 0 Å². The van der Waals surface area contributed by atoms with Gasteiger partial charge in [-0.05, 0) is 12.8 Å². The summed E-state index contributed by atoms with van der Waals surface area (Å²) in [5, 5.41) is 0. The Hall–Kier alpha value is -1.58. The molecule has 0 unspecified atom stereocenters. The SMILES string of the molecule is C=CCOC(=O)CCCCC(=O)OCC=C. The van der Waals surface area contributed by atoms with Crippen molar-refractivity contribution in [2.45, 2.75) is 25.7 Å². The van der Waals surface area contributed by atoms with Gasteiger partial charge in [0.05, 0.1) is 0 Å². The summed E-state index contributed by atoms with van der Waals surface area (Å²) in [6, 6.07) is 0. The Bertz CT molecular complexity index is 219. The molecule has 0 aliphatic carbocycles. The predicted octanol–water partition coefficient (Wildman–Crippen LogP) is 2.01. The number of carbonyl (C=O) groups is 2. The highest BCUT2D eigenvalue weighted by atomic mass is 16.5. The highest BCUT2D eigenvalue weighted by Gasteiger charge is 2.04. The molecule has 0 aromatic heterocycles. The van der Waals surface area contributed by atoms with Crippen LogP contribution in [0.15, 0.2) is 25.3 Å². The summed E-state index contributed by atoms with van der Waals surface area (Å²) in [4.78, 5) is 22.0. The van der Waals surface area contributed by atoms with Crippen LogP contribution in [0.1, 0.15) is 25.7 Å². The zero-order valence-corrected chi connectivity index (χ0v) is 9.44. The van der Waals surface area contributed by atoms with Crippen molar-refractivity contribution in [3.63, 3.8) is 0 Å². The first-order valence-electron chi connectivity index (χ1n) is 5.23. The number of ether oxygens (including phenoxy) is 2. The summed E-state index contributed by atoms with van der Waals surface area (Å²) in [6.07, 6.45) is 4.93. The predicted molar refractivity (Wildman–Crippen MR) is 60.8 cm³/mol. The van der Waals surface area contributed by atoms with Crippen LogP contribution in [-0.4, -0.2) is 25.2 Å². The maximum Gasteiger partial charge on any atom is 0.306 e. The molecule has 4 heteroatoms. The van der Waals surface area contributed by atoms with Crippen LogP contribution in [0.25, 0.3) is 0 Å². The van der Waals surface area contributed by atoms with Crippen LogP contribution in [0.3, 0.4) is 0 Å². The van der Waals surface area contributed by atoms with Gasteiger partial charge >= 0.3 is 11.9 Å². The number of carbonyl (C=O) groups excluding carboxylic acids is 2. The summed E-state index contributed by atoms with van der Waals surface area (Å²) in [6.45, 7) is 7.34. The minimum Gasteiger partial charge on any atom is -0.461 e. The van der Waals surface area contributed by atoms with Crippen molar-refractivity contribution in [1.82, 2.24) is 0 Å².